The number of nitrogens with one attached hydrogen (secondary N) is 2. The molecular formula is C36H42ClN5O6. The molecule has 0 bridgehead atoms. The molecule has 6 atom stereocenters. The van der Waals surface area contributed by atoms with Crippen LogP contribution in [0, 0.1) is 17.3 Å². The maximum absolute atomic E-state index is 14.6. The monoisotopic (exact) mass is 675 g/mol. The topological polar surface area (TPSA) is 160 Å². The molecule has 1 saturated heterocycles. The fourth-order valence-electron chi connectivity index (χ4n) is 6.93. The number of likely N-dealkylation sites (tertiary alicyclic amines) is 1. The molecule has 0 unspecified atom stereocenters. The van der Waals surface area contributed by atoms with Gasteiger partial charge in [0.2, 0.25) is 23.5 Å². The molecule has 3 fully saturated rings. The van der Waals surface area contributed by atoms with Gasteiger partial charge in [-0.05, 0) is 47.8 Å². The van der Waals surface area contributed by atoms with Gasteiger partial charge in [0.25, 0.3) is 5.91 Å². The van der Waals surface area contributed by atoms with Crippen LogP contribution >= 0.6 is 11.6 Å². The summed E-state index contributed by atoms with van der Waals surface area (Å²) in [5.41, 5.74) is 6.06. The highest BCUT2D eigenvalue weighted by molar-refractivity contribution is 6.37. The van der Waals surface area contributed by atoms with E-state index in [1.54, 1.807) is 18.2 Å². The summed E-state index contributed by atoms with van der Waals surface area (Å²) in [6.07, 6.45) is 3.16. The standard InChI is InChI=1S/C36H42ClN5O6/c1-35(2,3)30(40-32(45)25-16-24(25)21-8-5-4-6-9-21)34(47)42-19-36(17-27(41-48-36)22-10-7-11-23(37)15-22)18-28(42)33(46)39-26(14-20-12-13-20)29(43)31(38)44/h4-11,15,20,24-26,28,30H,12-14,16-19H2,1-3H3,(H2,38,44)(H,39,46)(H,40,45)/t24-,25+,26-,28-,30+,36+/m0/s1. The predicted molar refractivity (Wildman–Crippen MR) is 179 cm³/mol. The quantitative estimate of drug-likeness (QED) is 0.309. The second kappa shape index (κ2) is 13.0. The molecule has 254 valence electrons. The minimum Gasteiger partial charge on any atom is -0.387 e. The molecule has 2 saturated carbocycles. The van der Waals surface area contributed by atoms with Crippen LogP contribution in [0.1, 0.15) is 76.3 Å². The molecule has 4 N–H and O–H groups in total. The highest BCUT2D eigenvalue weighted by Gasteiger charge is 2.56. The van der Waals surface area contributed by atoms with Crippen molar-refractivity contribution >= 4 is 46.7 Å². The van der Waals surface area contributed by atoms with Crippen LogP contribution in [0.5, 0.6) is 0 Å². The number of rotatable bonds is 11. The summed E-state index contributed by atoms with van der Waals surface area (Å²) in [5.74, 6) is -3.22. The zero-order chi connectivity index (χ0) is 34.4. The molecule has 2 aromatic carbocycles. The lowest BCUT2D eigenvalue weighted by Crippen LogP contribution is -2.59. The number of benzene rings is 2. The summed E-state index contributed by atoms with van der Waals surface area (Å²) < 4.78 is 0. The Morgan fingerprint density at radius 2 is 1.77 bits per heavy atom. The average Bonchev–Trinajstić information content (AvgIpc) is 3.97. The van der Waals surface area contributed by atoms with Gasteiger partial charge in [0, 0.05) is 29.3 Å². The van der Waals surface area contributed by atoms with E-state index in [1.165, 1.54) is 4.90 Å². The maximum Gasteiger partial charge on any atom is 0.287 e. The number of primary amides is 1. The Bertz CT molecular complexity index is 1650. The highest BCUT2D eigenvalue weighted by atomic mass is 35.5. The predicted octanol–water partition coefficient (Wildman–Crippen LogP) is 3.48. The molecule has 6 rings (SSSR count). The lowest BCUT2D eigenvalue weighted by molar-refractivity contribution is -0.145. The summed E-state index contributed by atoms with van der Waals surface area (Å²) >= 11 is 6.23. The molecule has 2 aliphatic carbocycles. The van der Waals surface area contributed by atoms with Crippen molar-refractivity contribution in [1.82, 2.24) is 15.5 Å². The largest absolute Gasteiger partial charge is 0.387 e. The summed E-state index contributed by atoms with van der Waals surface area (Å²) in [7, 11) is 0. The van der Waals surface area contributed by atoms with Gasteiger partial charge in [-0.25, -0.2) is 0 Å². The summed E-state index contributed by atoms with van der Waals surface area (Å²) in [6, 6.07) is 13.9. The van der Waals surface area contributed by atoms with Gasteiger partial charge in [-0.15, -0.1) is 0 Å². The molecule has 0 aromatic heterocycles. The summed E-state index contributed by atoms with van der Waals surface area (Å²) in [4.78, 5) is 74.2. The van der Waals surface area contributed by atoms with E-state index in [0.29, 0.717) is 30.0 Å². The van der Waals surface area contributed by atoms with Gasteiger partial charge in [0.1, 0.15) is 12.1 Å². The van der Waals surface area contributed by atoms with Gasteiger partial charge in [0.05, 0.1) is 18.3 Å². The first-order valence-electron chi connectivity index (χ1n) is 16.6. The van der Waals surface area contributed by atoms with Crippen molar-refractivity contribution in [2.75, 3.05) is 6.54 Å². The van der Waals surface area contributed by atoms with Gasteiger partial charge < -0.3 is 26.1 Å². The number of nitrogens with two attached hydrogens (primary N) is 1. The molecule has 4 amide bonds. The number of carbonyl (C=O) groups is 5. The Hall–Kier alpha value is -4.25. The summed E-state index contributed by atoms with van der Waals surface area (Å²) in [6.45, 7) is 5.61. The highest BCUT2D eigenvalue weighted by Crippen LogP contribution is 2.48. The first kappa shape index (κ1) is 33.6. The van der Waals surface area contributed by atoms with Crippen molar-refractivity contribution in [3.63, 3.8) is 0 Å². The van der Waals surface area contributed by atoms with Crippen molar-refractivity contribution in [2.24, 2.45) is 28.1 Å². The Labute approximate surface area is 284 Å². The molecule has 11 nitrogen and oxygen atoms in total. The molecule has 4 aliphatic rings. The van der Waals surface area contributed by atoms with Crippen LogP contribution in [0.2, 0.25) is 5.02 Å². The van der Waals surface area contributed by atoms with Crippen LogP contribution in [0.4, 0.5) is 0 Å². The van der Waals surface area contributed by atoms with Crippen LogP contribution in [0.3, 0.4) is 0 Å². The normalized spacial score (nSPS) is 25.9. The average molecular weight is 676 g/mol. The van der Waals surface area contributed by atoms with Crippen LogP contribution in [0.15, 0.2) is 59.8 Å². The Morgan fingerprint density at radius 3 is 2.42 bits per heavy atom. The van der Waals surface area contributed by atoms with E-state index >= 15 is 0 Å². The van der Waals surface area contributed by atoms with Crippen LogP contribution < -0.4 is 16.4 Å². The van der Waals surface area contributed by atoms with Gasteiger partial charge in [-0.3, -0.25) is 24.0 Å². The number of nitrogens with zero attached hydrogens (tertiary/aromatic N) is 2. The van der Waals surface area contributed by atoms with Gasteiger partial charge in [-0.1, -0.05) is 92.8 Å². The third kappa shape index (κ3) is 7.26. The van der Waals surface area contributed by atoms with Crippen molar-refractivity contribution in [3.05, 3.63) is 70.7 Å². The molecule has 48 heavy (non-hydrogen) atoms. The van der Waals surface area contributed by atoms with Crippen LogP contribution in [0.25, 0.3) is 0 Å². The molecule has 2 aromatic rings. The first-order chi connectivity index (χ1) is 22.7. The van der Waals surface area contributed by atoms with E-state index in [0.717, 1.165) is 24.0 Å². The number of hydrogen-bond donors (Lipinski definition) is 3. The minimum absolute atomic E-state index is 0.0209. The second-order valence-corrected chi connectivity index (χ2v) is 15.3. The Balaban J connectivity index is 1.25. The molecule has 2 aliphatic heterocycles. The number of halogens is 1. The second-order valence-electron chi connectivity index (χ2n) is 14.8. The fraction of sp³-hybridized carbons (Fsp3) is 0.500. The van der Waals surface area contributed by atoms with E-state index in [4.69, 9.17) is 22.2 Å². The number of ketones is 1. The molecule has 0 radical (unpaired) electrons. The van der Waals surface area contributed by atoms with Crippen LogP contribution in [-0.2, 0) is 28.8 Å². The van der Waals surface area contributed by atoms with E-state index in [-0.39, 0.29) is 36.6 Å². The molecule has 2 heterocycles. The van der Waals surface area contributed by atoms with Crippen LogP contribution in [-0.4, -0.2) is 70.3 Å². The van der Waals surface area contributed by atoms with E-state index < -0.39 is 52.6 Å². The van der Waals surface area contributed by atoms with Gasteiger partial charge in [0.15, 0.2) is 5.60 Å². The number of amides is 4. The SMILES string of the molecule is CC(C)(C)[C@H](NC(=O)[C@@H]1C[C@H]1c1ccccc1)C(=O)N1C[C@@]2(CC(c3cccc(Cl)c3)=NO2)C[C@H]1C(=O)N[C@@H](CC1CC1)C(=O)C(N)=O. The molecular weight excluding hydrogens is 634 g/mol. The fourth-order valence-corrected chi connectivity index (χ4v) is 7.12. The zero-order valence-corrected chi connectivity index (χ0v) is 28.2. The smallest absolute Gasteiger partial charge is 0.287 e. The number of oxime groups is 1. The number of carbonyl (C=O) groups excluding carboxylic acids is 5. The third-order valence-electron chi connectivity index (χ3n) is 9.88. The van der Waals surface area contributed by atoms with Gasteiger partial charge >= 0.3 is 0 Å². The maximum atomic E-state index is 14.6. The summed E-state index contributed by atoms with van der Waals surface area (Å²) in [5, 5.41) is 10.6. The van der Waals surface area contributed by atoms with Crippen molar-refractivity contribution in [2.45, 2.75) is 88.9 Å². The van der Waals surface area contributed by atoms with Crippen molar-refractivity contribution in [1.29, 1.82) is 0 Å². The van der Waals surface area contributed by atoms with Gasteiger partial charge in [-0.2, -0.15) is 0 Å². The Morgan fingerprint density at radius 1 is 1.04 bits per heavy atom. The lowest BCUT2D eigenvalue weighted by atomic mass is 9.85. The lowest BCUT2D eigenvalue weighted by Gasteiger charge is -2.35. The molecule has 12 heteroatoms. The molecule has 1 spiro atoms. The Kier molecular flexibility index (Phi) is 9.10. The van der Waals surface area contributed by atoms with Crippen molar-refractivity contribution < 1.29 is 28.8 Å². The first-order valence-corrected chi connectivity index (χ1v) is 16.9. The minimum atomic E-state index is -1.13. The van der Waals surface area contributed by atoms with E-state index in [2.05, 4.69) is 15.8 Å². The number of Topliss-reactive ketones (excluding diaryl/α,β-unsaturated/α-hetero) is 1. The third-order valence-corrected chi connectivity index (χ3v) is 10.1. The van der Waals surface area contributed by atoms with E-state index in [9.17, 15) is 24.0 Å². The van der Waals surface area contributed by atoms with Crippen molar-refractivity contribution in [3.8, 4) is 0 Å². The zero-order valence-electron chi connectivity index (χ0n) is 27.4. The van der Waals surface area contributed by atoms with E-state index in [1.807, 2.05) is 57.2 Å². The number of hydrogen-bond acceptors (Lipinski definition) is 7.